The van der Waals surface area contributed by atoms with Crippen LogP contribution >= 0.6 is 0 Å². The van der Waals surface area contributed by atoms with Crippen LogP contribution in [-0.4, -0.2) is 49.7 Å². The van der Waals surface area contributed by atoms with Crippen LogP contribution in [0.5, 0.6) is 0 Å². The molecule has 2 saturated heterocycles. The Balaban J connectivity index is 1.41. The highest BCUT2D eigenvalue weighted by molar-refractivity contribution is 5.92. The molecule has 5 heterocycles. The normalized spacial score (nSPS) is 23.1. The third-order valence-corrected chi connectivity index (χ3v) is 6.73. The van der Waals surface area contributed by atoms with Gasteiger partial charge in [-0.2, -0.15) is 10.4 Å². The first-order valence-corrected chi connectivity index (χ1v) is 11.5. The van der Waals surface area contributed by atoms with E-state index in [2.05, 4.69) is 49.8 Å². The number of hydrogen-bond acceptors (Lipinski definition) is 7. The van der Waals surface area contributed by atoms with Crippen molar-refractivity contribution in [1.82, 2.24) is 25.1 Å². The Morgan fingerprint density at radius 2 is 1.97 bits per heavy atom. The Hall–Kier alpha value is -3.18. The van der Waals surface area contributed by atoms with Gasteiger partial charge in [0.2, 0.25) is 0 Å². The van der Waals surface area contributed by atoms with E-state index in [0.717, 1.165) is 59.0 Å². The van der Waals surface area contributed by atoms with E-state index >= 15 is 0 Å². The summed E-state index contributed by atoms with van der Waals surface area (Å²) in [5, 5.41) is 24.4. The van der Waals surface area contributed by atoms with Gasteiger partial charge in [-0.15, -0.1) is 0 Å². The zero-order valence-corrected chi connectivity index (χ0v) is 18.7. The average molecular weight is 431 g/mol. The third-order valence-electron chi connectivity index (χ3n) is 6.73. The molecule has 3 N–H and O–H groups in total. The van der Waals surface area contributed by atoms with Gasteiger partial charge >= 0.3 is 0 Å². The number of nitrogens with one attached hydrogen (secondary N) is 3. The maximum absolute atomic E-state index is 9.05. The van der Waals surface area contributed by atoms with Crippen LogP contribution in [0, 0.1) is 25.2 Å². The van der Waals surface area contributed by atoms with Gasteiger partial charge in [-0.3, -0.25) is 15.0 Å². The Morgan fingerprint density at radius 1 is 1.16 bits per heavy atom. The number of hydrogen-bond donors (Lipinski definition) is 3. The lowest BCUT2D eigenvalue weighted by Gasteiger charge is -2.49. The molecule has 32 heavy (non-hydrogen) atoms. The molecule has 0 aromatic carbocycles. The minimum Gasteiger partial charge on any atom is -0.367 e. The Labute approximate surface area is 188 Å². The molecule has 0 radical (unpaired) electrons. The van der Waals surface area contributed by atoms with Crippen LogP contribution in [-0.2, 0) is 0 Å². The number of fused-ring (bicyclic) bond motifs is 3. The van der Waals surface area contributed by atoms with Crippen LogP contribution in [0.4, 0.5) is 17.5 Å². The Bertz CT molecular complexity index is 1130. The highest BCUT2D eigenvalue weighted by atomic mass is 15.2. The van der Waals surface area contributed by atoms with Crippen LogP contribution in [0.1, 0.15) is 49.8 Å². The van der Waals surface area contributed by atoms with E-state index < -0.39 is 0 Å². The molecular formula is C24H30N8. The molecule has 8 heteroatoms. The molecule has 1 unspecified atom stereocenters. The molecule has 3 atom stereocenters. The van der Waals surface area contributed by atoms with Crippen LogP contribution in [0.15, 0.2) is 24.4 Å². The molecule has 166 valence electrons. The minimum absolute atomic E-state index is 0.364. The molecule has 3 aromatic rings. The highest BCUT2D eigenvalue weighted by Gasteiger charge is 2.38. The van der Waals surface area contributed by atoms with Gasteiger partial charge in [0.25, 0.3) is 0 Å². The summed E-state index contributed by atoms with van der Waals surface area (Å²) in [6.07, 6.45) is 8.40. The Morgan fingerprint density at radius 3 is 2.69 bits per heavy atom. The van der Waals surface area contributed by atoms with Crippen molar-refractivity contribution in [3.05, 3.63) is 35.7 Å². The lowest BCUT2D eigenvalue weighted by Crippen LogP contribution is -2.55. The molecule has 2 aliphatic rings. The summed E-state index contributed by atoms with van der Waals surface area (Å²) < 4.78 is 0. The molecule has 2 fully saturated rings. The van der Waals surface area contributed by atoms with Crippen LogP contribution < -0.4 is 10.6 Å². The molecule has 0 spiro atoms. The second-order valence-electron chi connectivity index (χ2n) is 9.19. The first-order chi connectivity index (χ1) is 15.6. The van der Waals surface area contributed by atoms with Gasteiger partial charge < -0.3 is 10.6 Å². The predicted molar refractivity (Wildman–Crippen MR) is 126 cm³/mol. The fraction of sp³-hybridized carbons (Fsp3) is 0.500. The van der Waals surface area contributed by atoms with Gasteiger partial charge in [0, 0.05) is 60.5 Å². The van der Waals surface area contributed by atoms with Crippen molar-refractivity contribution in [1.29, 1.82) is 5.26 Å². The molecule has 3 aromatic heterocycles. The standard InChI is InChI=1S/C24H30N8/c1-15-9-20-21(26-14-15)13-22(28-23-10-16(2)30-31-23)29-24(20)27-17-11-18-5-3-6-19(12-17)32(18)8-4-7-25/h9-10,13-14,17-19H,3-6,8,11-12H2,1-2H3,(H3,27,28,29,30,31)/t17?,18-,19+. The van der Waals surface area contributed by atoms with Crippen LogP contribution in [0.2, 0.25) is 0 Å². The maximum Gasteiger partial charge on any atom is 0.153 e. The van der Waals surface area contributed by atoms with Gasteiger partial charge in [0.15, 0.2) is 5.82 Å². The van der Waals surface area contributed by atoms with E-state index in [-0.39, 0.29) is 0 Å². The molecule has 2 bridgehead atoms. The van der Waals surface area contributed by atoms with E-state index in [1.54, 1.807) is 0 Å². The second kappa shape index (κ2) is 8.75. The van der Waals surface area contributed by atoms with E-state index in [4.69, 9.17) is 10.2 Å². The fourth-order valence-electron chi connectivity index (χ4n) is 5.35. The summed E-state index contributed by atoms with van der Waals surface area (Å²) in [5.74, 6) is 2.35. The molecule has 8 nitrogen and oxygen atoms in total. The summed E-state index contributed by atoms with van der Waals surface area (Å²) in [6.45, 7) is 4.93. The van der Waals surface area contributed by atoms with E-state index in [0.29, 0.717) is 24.5 Å². The first kappa shape index (κ1) is 20.7. The largest absolute Gasteiger partial charge is 0.367 e. The van der Waals surface area contributed by atoms with Gasteiger partial charge in [0.1, 0.15) is 11.6 Å². The summed E-state index contributed by atoms with van der Waals surface area (Å²) in [6, 6.07) is 9.87. The minimum atomic E-state index is 0.364. The lowest BCUT2D eigenvalue weighted by molar-refractivity contribution is 0.0370. The second-order valence-corrected chi connectivity index (χ2v) is 9.19. The van der Waals surface area contributed by atoms with Crippen molar-refractivity contribution < 1.29 is 0 Å². The molecule has 2 aliphatic heterocycles. The number of anilines is 3. The quantitative estimate of drug-likeness (QED) is 0.531. The monoisotopic (exact) mass is 430 g/mol. The average Bonchev–Trinajstić information content (AvgIpc) is 3.17. The summed E-state index contributed by atoms with van der Waals surface area (Å²) in [4.78, 5) is 12.2. The van der Waals surface area contributed by atoms with Crippen LogP contribution in [0.3, 0.4) is 0 Å². The molecule has 5 rings (SSSR count). The Kier molecular flexibility index (Phi) is 5.66. The lowest BCUT2D eigenvalue weighted by atomic mass is 9.81. The van der Waals surface area contributed by atoms with Gasteiger partial charge in [-0.05, 0) is 51.2 Å². The van der Waals surface area contributed by atoms with Gasteiger partial charge in [-0.1, -0.05) is 6.42 Å². The van der Waals surface area contributed by atoms with Crippen molar-refractivity contribution >= 4 is 28.4 Å². The highest BCUT2D eigenvalue weighted by Crippen LogP contribution is 2.36. The topological polar surface area (TPSA) is 106 Å². The zero-order valence-electron chi connectivity index (χ0n) is 18.7. The number of rotatable bonds is 6. The third kappa shape index (κ3) is 4.26. The smallest absolute Gasteiger partial charge is 0.153 e. The fourth-order valence-corrected chi connectivity index (χ4v) is 5.35. The summed E-state index contributed by atoms with van der Waals surface area (Å²) in [7, 11) is 0. The number of H-pyrrole nitrogens is 1. The summed E-state index contributed by atoms with van der Waals surface area (Å²) >= 11 is 0. The van der Waals surface area contributed by atoms with Crippen molar-refractivity contribution in [3.63, 3.8) is 0 Å². The number of aromatic nitrogens is 4. The molecular weight excluding hydrogens is 400 g/mol. The SMILES string of the molecule is Cc1cnc2cc(Nc3cc(C)[nH]n3)nc(NC3C[C@H]4CCC[C@@H](C3)N4CCC#N)c2c1. The predicted octanol–water partition coefficient (Wildman–Crippen LogP) is 4.42. The molecule has 0 aliphatic carbocycles. The van der Waals surface area contributed by atoms with E-state index in [1.165, 1.54) is 19.3 Å². The molecule has 0 amide bonds. The number of aromatic amines is 1. The number of nitrogens with zero attached hydrogens (tertiary/aromatic N) is 5. The van der Waals surface area contributed by atoms with E-state index in [9.17, 15) is 0 Å². The van der Waals surface area contributed by atoms with Crippen molar-refractivity contribution in [3.8, 4) is 6.07 Å². The van der Waals surface area contributed by atoms with Crippen LogP contribution in [0.25, 0.3) is 10.9 Å². The first-order valence-electron chi connectivity index (χ1n) is 11.5. The van der Waals surface area contributed by atoms with Crippen molar-refractivity contribution in [2.24, 2.45) is 0 Å². The maximum atomic E-state index is 9.05. The summed E-state index contributed by atoms with van der Waals surface area (Å²) in [5.41, 5.74) is 3.03. The van der Waals surface area contributed by atoms with Crippen molar-refractivity contribution in [2.45, 2.75) is 70.5 Å². The number of aryl methyl sites for hydroxylation is 2. The van der Waals surface area contributed by atoms with Crippen molar-refractivity contribution in [2.75, 3.05) is 17.2 Å². The number of nitriles is 1. The van der Waals surface area contributed by atoms with E-state index in [1.807, 2.05) is 25.3 Å². The van der Waals surface area contributed by atoms with Gasteiger partial charge in [-0.25, -0.2) is 4.98 Å². The number of piperidine rings is 2. The molecule has 0 saturated carbocycles. The number of pyridine rings is 2. The zero-order chi connectivity index (χ0) is 22.1. The van der Waals surface area contributed by atoms with Gasteiger partial charge in [0.05, 0.1) is 11.6 Å².